The van der Waals surface area contributed by atoms with Gasteiger partial charge in [0.05, 0.1) is 19.0 Å². The van der Waals surface area contributed by atoms with Crippen molar-refractivity contribution in [3.8, 4) is 16.9 Å². The molecule has 0 spiro atoms. The predicted octanol–water partition coefficient (Wildman–Crippen LogP) is 7.95. The third-order valence-corrected chi connectivity index (χ3v) is 7.20. The van der Waals surface area contributed by atoms with Crippen molar-refractivity contribution in [1.82, 2.24) is 9.97 Å². The zero-order valence-corrected chi connectivity index (χ0v) is 25.1. The maximum Gasteiger partial charge on any atom is 0.303 e. The molecule has 3 aromatic carbocycles. The van der Waals surface area contributed by atoms with Gasteiger partial charge in [-0.2, -0.15) is 0 Å². The topological polar surface area (TPSA) is 75.6 Å². The van der Waals surface area contributed by atoms with E-state index < -0.39 is 5.97 Å². The average Bonchev–Trinajstić information content (AvgIpc) is 2.91. The molecule has 214 valence electrons. The van der Waals surface area contributed by atoms with Crippen molar-refractivity contribution in [2.24, 2.45) is 0 Å². The monoisotopic (exact) mass is 551 g/mol. The first-order valence-corrected chi connectivity index (χ1v) is 14.3. The molecule has 0 bridgehead atoms. The van der Waals surface area contributed by atoms with Gasteiger partial charge in [0, 0.05) is 19.5 Å². The van der Waals surface area contributed by atoms with E-state index in [0.29, 0.717) is 43.7 Å². The number of hydrogen-bond acceptors (Lipinski definition) is 5. The predicted molar refractivity (Wildman–Crippen MR) is 166 cm³/mol. The van der Waals surface area contributed by atoms with E-state index in [1.54, 1.807) is 12.4 Å². The summed E-state index contributed by atoms with van der Waals surface area (Å²) in [5.74, 6) is 0.761. The van der Waals surface area contributed by atoms with Crippen molar-refractivity contribution < 1.29 is 14.6 Å². The van der Waals surface area contributed by atoms with Crippen molar-refractivity contribution >= 4 is 11.9 Å². The van der Waals surface area contributed by atoms with E-state index in [9.17, 15) is 4.79 Å². The van der Waals surface area contributed by atoms with E-state index >= 15 is 0 Å². The lowest BCUT2D eigenvalue weighted by Gasteiger charge is -2.25. The van der Waals surface area contributed by atoms with Crippen LogP contribution in [0.2, 0.25) is 0 Å². The van der Waals surface area contributed by atoms with Gasteiger partial charge in [-0.3, -0.25) is 4.79 Å². The molecule has 1 heterocycles. The molecule has 4 aromatic rings. The van der Waals surface area contributed by atoms with E-state index in [4.69, 9.17) is 9.84 Å². The van der Waals surface area contributed by atoms with Crippen molar-refractivity contribution in [1.29, 1.82) is 0 Å². The molecule has 4 rings (SSSR count). The zero-order valence-electron chi connectivity index (χ0n) is 25.1. The summed E-state index contributed by atoms with van der Waals surface area (Å²) in [4.78, 5) is 22.4. The van der Waals surface area contributed by atoms with Crippen LogP contribution in [0.25, 0.3) is 11.1 Å². The number of benzene rings is 3. The van der Waals surface area contributed by atoms with E-state index in [1.165, 1.54) is 50.1 Å². The number of carbonyl (C=O) groups is 1. The Hall–Kier alpha value is -4.19. The van der Waals surface area contributed by atoms with E-state index in [-0.39, 0.29) is 6.42 Å². The van der Waals surface area contributed by atoms with Crippen LogP contribution < -0.4 is 9.64 Å². The third kappa shape index (κ3) is 8.16. The fourth-order valence-electron chi connectivity index (χ4n) is 5.15. The second-order valence-electron chi connectivity index (χ2n) is 11.3. The smallest absolute Gasteiger partial charge is 0.303 e. The summed E-state index contributed by atoms with van der Waals surface area (Å²) < 4.78 is 5.69. The van der Waals surface area contributed by atoms with Gasteiger partial charge in [-0.1, -0.05) is 85.1 Å². The van der Waals surface area contributed by atoms with Crippen LogP contribution in [0.15, 0.2) is 67.0 Å². The minimum Gasteiger partial charge on any atom is -0.490 e. The van der Waals surface area contributed by atoms with Gasteiger partial charge >= 0.3 is 5.97 Å². The standard InChI is InChI=1S/C35H41N3O3/c1-23(2)29-11-10-27(6)33(18-29)32-12-9-24(3)17-30(32)22-38(21-28-15-25(4)14-26(5)16-28)35-36-19-31(20-37-35)41-13-7-8-34(39)40/h9-12,14-20,23H,7-8,13,21-22H2,1-6H3,(H,39,40). The minimum atomic E-state index is -0.830. The average molecular weight is 552 g/mol. The molecule has 0 radical (unpaired) electrons. The highest BCUT2D eigenvalue weighted by Crippen LogP contribution is 2.32. The fourth-order valence-corrected chi connectivity index (χ4v) is 5.15. The lowest BCUT2D eigenvalue weighted by atomic mass is 9.90. The molecule has 0 amide bonds. The van der Waals surface area contributed by atoms with Gasteiger partial charge in [0.25, 0.3) is 0 Å². The number of nitrogens with zero attached hydrogens (tertiary/aromatic N) is 3. The summed E-state index contributed by atoms with van der Waals surface area (Å²) in [7, 11) is 0. The van der Waals surface area contributed by atoms with E-state index in [1.807, 2.05) is 0 Å². The molecule has 6 heteroatoms. The van der Waals surface area contributed by atoms with E-state index in [0.717, 1.165) is 0 Å². The van der Waals surface area contributed by atoms with Crippen LogP contribution in [0.4, 0.5) is 5.95 Å². The lowest BCUT2D eigenvalue weighted by Crippen LogP contribution is -2.25. The molecule has 0 fully saturated rings. The largest absolute Gasteiger partial charge is 0.490 e. The molecule has 1 aromatic heterocycles. The minimum absolute atomic E-state index is 0.0704. The second-order valence-corrected chi connectivity index (χ2v) is 11.3. The highest BCUT2D eigenvalue weighted by Gasteiger charge is 2.17. The van der Waals surface area contributed by atoms with Crippen molar-refractivity contribution in [3.63, 3.8) is 0 Å². The molecule has 0 aliphatic carbocycles. The quantitative estimate of drug-likeness (QED) is 0.180. The molecule has 1 N–H and O–H groups in total. The first-order valence-electron chi connectivity index (χ1n) is 14.3. The number of carboxylic acids is 1. The van der Waals surface area contributed by atoms with Crippen LogP contribution in [0.3, 0.4) is 0 Å². The number of aliphatic carboxylic acids is 1. The molecule has 0 unspecified atom stereocenters. The zero-order chi connectivity index (χ0) is 29.5. The first kappa shape index (κ1) is 29.8. The van der Waals surface area contributed by atoms with Gasteiger partial charge in [0.15, 0.2) is 5.75 Å². The van der Waals surface area contributed by atoms with Gasteiger partial charge in [-0.05, 0) is 73.4 Å². The second kappa shape index (κ2) is 13.4. The van der Waals surface area contributed by atoms with Crippen molar-refractivity contribution in [2.45, 2.75) is 73.4 Å². The van der Waals surface area contributed by atoms with Crippen LogP contribution in [0.1, 0.15) is 71.6 Å². The number of rotatable bonds is 12. The van der Waals surface area contributed by atoms with Gasteiger partial charge < -0.3 is 14.7 Å². The van der Waals surface area contributed by atoms with Crippen LogP contribution in [-0.4, -0.2) is 27.7 Å². The third-order valence-electron chi connectivity index (χ3n) is 7.20. The Bertz CT molecular complexity index is 1480. The highest BCUT2D eigenvalue weighted by atomic mass is 16.5. The number of ether oxygens (including phenoxy) is 1. The number of anilines is 1. The molecule has 0 aliphatic heterocycles. The van der Waals surface area contributed by atoms with Crippen LogP contribution in [-0.2, 0) is 17.9 Å². The van der Waals surface area contributed by atoms with Gasteiger partial charge in [0.2, 0.25) is 5.95 Å². The molecule has 0 atom stereocenters. The molecular weight excluding hydrogens is 510 g/mol. The Morgan fingerprint density at radius 2 is 1.56 bits per heavy atom. The molecule has 0 saturated heterocycles. The number of aromatic nitrogens is 2. The van der Waals surface area contributed by atoms with E-state index in [2.05, 4.69) is 111 Å². The van der Waals surface area contributed by atoms with Crippen LogP contribution in [0, 0.1) is 27.7 Å². The summed E-state index contributed by atoms with van der Waals surface area (Å²) >= 11 is 0. The molecule has 0 saturated carbocycles. The fraction of sp³-hybridized carbons (Fsp3) is 0.343. The Kier molecular flexibility index (Phi) is 9.77. The SMILES string of the molecule is Cc1cc(C)cc(CN(Cc2cc(C)ccc2-c2cc(C(C)C)ccc2C)c2ncc(OCCCC(=O)O)cn2)c1. The molecule has 41 heavy (non-hydrogen) atoms. The summed E-state index contributed by atoms with van der Waals surface area (Å²) in [6.45, 7) is 14.6. The first-order chi connectivity index (χ1) is 19.6. The maximum atomic E-state index is 10.8. The van der Waals surface area contributed by atoms with Crippen molar-refractivity contribution in [3.05, 3.63) is 106 Å². The Balaban J connectivity index is 1.69. The number of carboxylic acid groups (broad SMARTS) is 1. The molecule has 0 aliphatic rings. The lowest BCUT2D eigenvalue weighted by molar-refractivity contribution is -0.137. The van der Waals surface area contributed by atoms with Crippen LogP contribution in [0.5, 0.6) is 5.75 Å². The van der Waals surface area contributed by atoms with Gasteiger partial charge in [0.1, 0.15) is 0 Å². The van der Waals surface area contributed by atoms with Crippen LogP contribution >= 0.6 is 0 Å². The van der Waals surface area contributed by atoms with Crippen molar-refractivity contribution in [2.75, 3.05) is 11.5 Å². The summed E-state index contributed by atoms with van der Waals surface area (Å²) in [6.07, 6.45) is 3.85. The molecule has 6 nitrogen and oxygen atoms in total. The number of hydrogen-bond donors (Lipinski definition) is 1. The Morgan fingerprint density at radius 3 is 2.22 bits per heavy atom. The van der Waals surface area contributed by atoms with Gasteiger partial charge in [-0.15, -0.1) is 0 Å². The summed E-state index contributed by atoms with van der Waals surface area (Å²) in [5, 5.41) is 8.86. The normalized spacial score (nSPS) is 11.1. The van der Waals surface area contributed by atoms with Gasteiger partial charge in [-0.25, -0.2) is 9.97 Å². The summed E-state index contributed by atoms with van der Waals surface area (Å²) in [5.41, 5.74) is 11.1. The summed E-state index contributed by atoms with van der Waals surface area (Å²) in [6, 6.07) is 20.1. The maximum absolute atomic E-state index is 10.8. The number of aryl methyl sites for hydroxylation is 4. The molecular formula is C35H41N3O3. The Morgan fingerprint density at radius 1 is 0.854 bits per heavy atom. The highest BCUT2D eigenvalue weighted by molar-refractivity contribution is 5.72. The Labute approximate surface area is 244 Å².